The molecule has 142 valence electrons. The fraction of sp³-hybridized carbons (Fsp3) is 0.211. The lowest BCUT2D eigenvalue weighted by atomic mass is 10.1. The molecule has 1 aromatic heterocycles. The maximum absolute atomic E-state index is 14.2. The molecule has 5 nitrogen and oxygen atoms in total. The lowest BCUT2D eigenvalue weighted by molar-refractivity contribution is 0.112. The van der Waals surface area contributed by atoms with Crippen LogP contribution < -0.4 is 0 Å². The second kappa shape index (κ2) is 7.21. The summed E-state index contributed by atoms with van der Waals surface area (Å²) in [5.74, 6) is -1.55. The molecule has 0 aliphatic carbocycles. The summed E-state index contributed by atoms with van der Waals surface area (Å²) in [6.45, 7) is 4.11. The number of nitrogens with one attached hydrogen (secondary N) is 1. The van der Waals surface area contributed by atoms with Crippen LogP contribution in [0.3, 0.4) is 0 Å². The van der Waals surface area contributed by atoms with E-state index < -0.39 is 21.7 Å². The largest absolute Gasteiger partial charge is 0.354 e. The van der Waals surface area contributed by atoms with Gasteiger partial charge in [0.05, 0.1) is 10.6 Å². The highest BCUT2D eigenvalue weighted by Crippen LogP contribution is 2.32. The Kier molecular flexibility index (Phi) is 5.12. The van der Waals surface area contributed by atoms with E-state index in [1.54, 1.807) is 13.8 Å². The van der Waals surface area contributed by atoms with Crippen molar-refractivity contribution in [1.29, 1.82) is 0 Å². The number of nitrogens with zero attached hydrogens (tertiary/aromatic N) is 1. The van der Waals surface area contributed by atoms with Gasteiger partial charge in [0.1, 0.15) is 11.6 Å². The second-order valence-electron chi connectivity index (χ2n) is 5.95. The first-order valence-corrected chi connectivity index (χ1v) is 9.84. The quantitative estimate of drug-likeness (QED) is 0.646. The van der Waals surface area contributed by atoms with Gasteiger partial charge >= 0.3 is 0 Å². The molecule has 8 heteroatoms. The Morgan fingerprint density at radius 1 is 1.07 bits per heavy atom. The molecule has 0 bridgehead atoms. The van der Waals surface area contributed by atoms with Gasteiger partial charge in [-0.3, -0.25) is 4.79 Å². The van der Waals surface area contributed by atoms with Crippen molar-refractivity contribution in [2.45, 2.75) is 18.7 Å². The molecule has 0 saturated carbocycles. The predicted octanol–water partition coefficient (Wildman–Crippen LogP) is 3.96. The number of halogens is 2. The van der Waals surface area contributed by atoms with Gasteiger partial charge in [-0.15, -0.1) is 0 Å². The van der Waals surface area contributed by atoms with Crippen LogP contribution in [-0.4, -0.2) is 37.1 Å². The van der Waals surface area contributed by atoms with Crippen molar-refractivity contribution >= 4 is 27.2 Å². The minimum atomic E-state index is -3.71. The summed E-state index contributed by atoms with van der Waals surface area (Å²) in [7, 11) is -3.71. The van der Waals surface area contributed by atoms with E-state index in [1.165, 1.54) is 28.6 Å². The smallest absolute Gasteiger partial charge is 0.243 e. The molecule has 0 radical (unpaired) electrons. The van der Waals surface area contributed by atoms with Gasteiger partial charge in [-0.2, -0.15) is 4.31 Å². The summed E-state index contributed by atoms with van der Waals surface area (Å²) >= 11 is 0. The monoisotopic (exact) mass is 392 g/mol. The number of carbonyl (C=O) groups is 1. The Balaban J connectivity index is 2.23. The molecule has 27 heavy (non-hydrogen) atoms. The third-order valence-corrected chi connectivity index (χ3v) is 6.52. The van der Waals surface area contributed by atoms with E-state index in [0.717, 1.165) is 12.1 Å². The number of benzene rings is 2. The van der Waals surface area contributed by atoms with Crippen LogP contribution in [0.2, 0.25) is 0 Å². The molecule has 3 rings (SSSR count). The molecule has 0 saturated heterocycles. The Labute approximate surface area is 155 Å². The lowest BCUT2D eigenvalue weighted by Gasteiger charge is -2.18. The van der Waals surface area contributed by atoms with Crippen LogP contribution in [0.1, 0.15) is 24.2 Å². The van der Waals surface area contributed by atoms with E-state index in [2.05, 4.69) is 4.98 Å². The van der Waals surface area contributed by atoms with Crippen LogP contribution in [0.4, 0.5) is 8.78 Å². The highest BCUT2D eigenvalue weighted by Gasteiger charge is 2.24. The van der Waals surface area contributed by atoms with Crippen molar-refractivity contribution in [3.8, 4) is 11.3 Å². The van der Waals surface area contributed by atoms with Crippen LogP contribution in [0.5, 0.6) is 0 Å². The molecule has 0 spiro atoms. The molecule has 0 fully saturated rings. The maximum atomic E-state index is 14.2. The summed E-state index contributed by atoms with van der Waals surface area (Å²) in [5, 5.41) is 0.358. The second-order valence-corrected chi connectivity index (χ2v) is 7.89. The molecular formula is C19H18F2N2O3S. The SMILES string of the molecule is CCN(CC)S(=O)(=O)c1ccc2[nH]c(-c3ccc(F)cc3F)c(C=O)c2c1. The van der Waals surface area contributed by atoms with E-state index >= 15 is 0 Å². The predicted molar refractivity (Wildman–Crippen MR) is 99.1 cm³/mol. The highest BCUT2D eigenvalue weighted by molar-refractivity contribution is 7.89. The third kappa shape index (κ3) is 3.26. The average Bonchev–Trinajstić information content (AvgIpc) is 2.99. The van der Waals surface area contributed by atoms with Crippen molar-refractivity contribution in [3.63, 3.8) is 0 Å². The van der Waals surface area contributed by atoms with Crippen LogP contribution in [0, 0.1) is 11.6 Å². The van der Waals surface area contributed by atoms with E-state index in [9.17, 15) is 22.0 Å². The van der Waals surface area contributed by atoms with Crippen LogP contribution in [0.25, 0.3) is 22.2 Å². The van der Waals surface area contributed by atoms with Gasteiger partial charge in [0.2, 0.25) is 10.0 Å². The van der Waals surface area contributed by atoms with E-state index in [-0.39, 0.29) is 21.7 Å². The van der Waals surface area contributed by atoms with Gasteiger partial charge in [-0.05, 0) is 30.3 Å². The lowest BCUT2D eigenvalue weighted by Crippen LogP contribution is -2.30. The summed E-state index contributed by atoms with van der Waals surface area (Å²) in [6.07, 6.45) is 0.533. The fourth-order valence-electron chi connectivity index (χ4n) is 3.09. The van der Waals surface area contributed by atoms with Crippen molar-refractivity contribution in [2.75, 3.05) is 13.1 Å². The van der Waals surface area contributed by atoms with Gasteiger partial charge in [0.25, 0.3) is 0 Å². The van der Waals surface area contributed by atoms with Gasteiger partial charge in [-0.25, -0.2) is 17.2 Å². The molecule has 1 heterocycles. The number of H-pyrrole nitrogens is 1. The zero-order valence-electron chi connectivity index (χ0n) is 14.8. The molecule has 3 aromatic rings. The first kappa shape index (κ1) is 19.2. The Morgan fingerprint density at radius 3 is 2.37 bits per heavy atom. The zero-order chi connectivity index (χ0) is 19.8. The third-order valence-electron chi connectivity index (χ3n) is 4.47. The number of hydrogen-bond donors (Lipinski definition) is 1. The molecule has 0 atom stereocenters. The highest BCUT2D eigenvalue weighted by atomic mass is 32.2. The fourth-order valence-corrected chi connectivity index (χ4v) is 4.58. The topological polar surface area (TPSA) is 70.2 Å². The van der Waals surface area contributed by atoms with Crippen LogP contribution in [0.15, 0.2) is 41.3 Å². The van der Waals surface area contributed by atoms with E-state index in [1.807, 2.05) is 0 Å². The summed E-state index contributed by atoms with van der Waals surface area (Å²) in [6, 6.07) is 7.42. The normalized spacial score (nSPS) is 12.0. The Bertz CT molecular complexity index is 1120. The Morgan fingerprint density at radius 2 is 1.78 bits per heavy atom. The van der Waals surface area contributed by atoms with Gasteiger partial charge in [-0.1, -0.05) is 13.8 Å². The van der Waals surface area contributed by atoms with Crippen LogP contribution in [-0.2, 0) is 10.0 Å². The molecular weight excluding hydrogens is 374 g/mol. The number of carbonyl (C=O) groups excluding carboxylic acids is 1. The first-order chi connectivity index (χ1) is 12.8. The molecule has 0 amide bonds. The number of fused-ring (bicyclic) bond motifs is 1. The summed E-state index contributed by atoms with van der Waals surface area (Å²) in [5.41, 5.74) is 0.805. The standard InChI is InChI=1S/C19H18F2N2O3S/c1-3-23(4-2)27(25,26)13-6-8-18-15(10-13)16(11-24)19(22-18)14-7-5-12(20)9-17(14)21/h5-11,22H,3-4H2,1-2H3. The number of aromatic amines is 1. The van der Waals surface area contributed by atoms with Crippen molar-refractivity contribution in [3.05, 3.63) is 53.6 Å². The summed E-state index contributed by atoms with van der Waals surface area (Å²) < 4.78 is 54.1. The molecule has 1 N–H and O–H groups in total. The van der Waals surface area contributed by atoms with Crippen LogP contribution >= 0.6 is 0 Å². The number of aldehydes is 1. The van der Waals surface area contributed by atoms with Crippen molar-refractivity contribution in [2.24, 2.45) is 0 Å². The van der Waals surface area contributed by atoms with Gasteiger partial charge < -0.3 is 4.98 Å². The first-order valence-electron chi connectivity index (χ1n) is 8.40. The number of rotatable bonds is 6. The molecule has 0 aliphatic rings. The zero-order valence-corrected chi connectivity index (χ0v) is 15.6. The molecule has 2 aromatic carbocycles. The average molecular weight is 392 g/mol. The Hall–Kier alpha value is -2.58. The molecule has 0 aliphatic heterocycles. The van der Waals surface area contributed by atoms with Gasteiger partial charge in [0.15, 0.2) is 6.29 Å². The maximum Gasteiger partial charge on any atom is 0.243 e. The van der Waals surface area contributed by atoms with E-state index in [4.69, 9.17) is 0 Å². The van der Waals surface area contributed by atoms with Crippen molar-refractivity contribution < 1.29 is 22.0 Å². The number of hydrogen-bond acceptors (Lipinski definition) is 3. The number of aromatic nitrogens is 1. The minimum Gasteiger partial charge on any atom is -0.354 e. The van der Waals surface area contributed by atoms with E-state index in [0.29, 0.717) is 30.3 Å². The van der Waals surface area contributed by atoms with Gasteiger partial charge in [0, 0.05) is 41.2 Å². The molecule has 0 unspecified atom stereocenters. The summed E-state index contributed by atoms with van der Waals surface area (Å²) in [4.78, 5) is 14.7. The van der Waals surface area contributed by atoms with Crippen molar-refractivity contribution in [1.82, 2.24) is 9.29 Å². The minimum absolute atomic E-state index is 0.0304. The number of sulfonamides is 1.